The molecule has 2 aliphatic heterocycles. The minimum atomic E-state index is -0.778. The van der Waals surface area contributed by atoms with Crippen LogP contribution in [0.1, 0.15) is 5.56 Å². The van der Waals surface area contributed by atoms with E-state index in [0.29, 0.717) is 37.6 Å². The summed E-state index contributed by atoms with van der Waals surface area (Å²) < 4.78 is 40.9. The molecule has 5 rings (SSSR count). The molecule has 10 heteroatoms. The molecule has 2 heterocycles. The molecule has 6 nitrogen and oxygen atoms in total. The quantitative estimate of drug-likeness (QED) is 0.493. The Morgan fingerprint density at radius 2 is 1.68 bits per heavy atom. The van der Waals surface area contributed by atoms with Crippen LogP contribution in [0, 0.1) is 17.5 Å². The summed E-state index contributed by atoms with van der Waals surface area (Å²) in [7, 11) is 0. The lowest BCUT2D eigenvalue weighted by Gasteiger charge is -2.43. The highest BCUT2D eigenvalue weighted by Crippen LogP contribution is 2.33. The number of anilines is 2. The van der Waals surface area contributed by atoms with Gasteiger partial charge in [-0.15, -0.1) is 0 Å². The Balaban J connectivity index is 1.35. The lowest BCUT2D eigenvalue weighted by molar-refractivity contribution is -0.135. The van der Waals surface area contributed by atoms with Crippen molar-refractivity contribution in [1.29, 1.82) is 0 Å². The fraction of sp³-hybridized carbons (Fsp3) is 0.222. The monoisotopic (exact) mass is 527 g/mol. The summed E-state index contributed by atoms with van der Waals surface area (Å²) in [5.41, 5.74) is 8.28. The largest absolute Gasteiger partial charge is 0.341 e. The number of piperazine rings is 1. The molecule has 0 aromatic heterocycles. The van der Waals surface area contributed by atoms with Gasteiger partial charge >= 0.3 is 0 Å². The van der Waals surface area contributed by atoms with Crippen LogP contribution in [0.5, 0.6) is 0 Å². The molecule has 3 aromatic carbocycles. The molecule has 2 aliphatic rings. The molecule has 1 saturated heterocycles. The number of amides is 1. The van der Waals surface area contributed by atoms with Crippen molar-refractivity contribution in [3.8, 4) is 0 Å². The number of fused-ring (bicyclic) bond motifs is 1. The molecule has 1 fully saturated rings. The van der Waals surface area contributed by atoms with Crippen LogP contribution < -0.4 is 16.0 Å². The van der Waals surface area contributed by atoms with E-state index in [0.717, 1.165) is 11.3 Å². The number of halogens is 4. The SMILES string of the molecule is N[C@@H](Cc1ccc(F)cc1)C(=O)N1CCN2C(Nc3ccc(Cl)c(F)c3)=CN(c3ccc(F)cc3)C2C1. The Hall–Kier alpha value is -3.69. The molecule has 3 aromatic rings. The van der Waals surface area contributed by atoms with Gasteiger partial charge in [-0.05, 0) is 66.6 Å². The van der Waals surface area contributed by atoms with Crippen molar-refractivity contribution >= 4 is 28.9 Å². The fourth-order valence-electron chi connectivity index (χ4n) is 4.66. The summed E-state index contributed by atoms with van der Waals surface area (Å²) in [6, 6.07) is 15.7. The van der Waals surface area contributed by atoms with E-state index in [2.05, 4.69) is 10.2 Å². The van der Waals surface area contributed by atoms with Gasteiger partial charge in [0.05, 0.1) is 17.6 Å². The highest BCUT2D eigenvalue weighted by atomic mass is 35.5. The van der Waals surface area contributed by atoms with E-state index in [1.165, 1.54) is 36.4 Å². The number of nitrogens with two attached hydrogens (primary N) is 1. The van der Waals surface area contributed by atoms with E-state index in [-0.39, 0.29) is 28.7 Å². The molecule has 0 aliphatic carbocycles. The summed E-state index contributed by atoms with van der Waals surface area (Å²) in [4.78, 5) is 19.0. The Labute approximate surface area is 217 Å². The Morgan fingerprint density at radius 1 is 1.00 bits per heavy atom. The number of carbonyl (C=O) groups excluding carboxylic acids is 1. The first-order valence-corrected chi connectivity index (χ1v) is 12.2. The molecule has 0 bridgehead atoms. The molecule has 1 unspecified atom stereocenters. The van der Waals surface area contributed by atoms with Crippen molar-refractivity contribution in [2.45, 2.75) is 18.6 Å². The number of benzene rings is 3. The van der Waals surface area contributed by atoms with Gasteiger partial charge in [-0.2, -0.15) is 0 Å². The molecule has 1 amide bonds. The minimum absolute atomic E-state index is 0.0286. The third-order valence-corrected chi connectivity index (χ3v) is 6.87. The fourth-order valence-corrected chi connectivity index (χ4v) is 4.78. The number of nitrogens with one attached hydrogen (secondary N) is 1. The zero-order valence-electron chi connectivity index (χ0n) is 19.8. The second-order valence-electron chi connectivity index (χ2n) is 9.05. The van der Waals surface area contributed by atoms with Gasteiger partial charge < -0.3 is 25.8 Å². The molecule has 2 atom stereocenters. The van der Waals surface area contributed by atoms with E-state index in [1.807, 2.05) is 11.1 Å². The molecule has 0 spiro atoms. The van der Waals surface area contributed by atoms with Gasteiger partial charge in [0.25, 0.3) is 0 Å². The normalized spacial score (nSPS) is 17.9. The summed E-state index contributed by atoms with van der Waals surface area (Å²) in [5.74, 6) is -0.739. The van der Waals surface area contributed by atoms with E-state index >= 15 is 0 Å². The lowest BCUT2D eigenvalue weighted by Crippen LogP contribution is -2.59. The van der Waals surface area contributed by atoms with Gasteiger partial charge in [-0.3, -0.25) is 4.79 Å². The van der Waals surface area contributed by atoms with Crippen molar-refractivity contribution in [2.75, 3.05) is 29.9 Å². The molecular formula is C27H25ClF3N5O. The number of nitrogens with zero attached hydrogens (tertiary/aromatic N) is 3. The summed E-state index contributed by atoms with van der Waals surface area (Å²) in [5, 5.41) is 3.27. The van der Waals surface area contributed by atoms with Crippen molar-refractivity contribution < 1.29 is 18.0 Å². The van der Waals surface area contributed by atoms with E-state index in [9.17, 15) is 18.0 Å². The van der Waals surface area contributed by atoms with E-state index in [1.54, 1.807) is 35.2 Å². The zero-order chi connectivity index (χ0) is 26.1. The van der Waals surface area contributed by atoms with Crippen LogP contribution in [-0.2, 0) is 11.2 Å². The van der Waals surface area contributed by atoms with Crippen LogP contribution in [0.4, 0.5) is 24.5 Å². The predicted molar refractivity (Wildman–Crippen MR) is 137 cm³/mol. The number of carbonyl (C=O) groups is 1. The van der Waals surface area contributed by atoms with Gasteiger partial charge in [0.2, 0.25) is 5.91 Å². The van der Waals surface area contributed by atoms with Gasteiger partial charge in [-0.25, -0.2) is 13.2 Å². The maximum Gasteiger partial charge on any atom is 0.240 e. The van der Waals surface area contributed by atoms with Gasteiger partial charge in [-0.1, -0.05) is 23.7 Å². The first kappa shape index (κ1) is 25.0. The zero-order valence-corrected chi connectivity index (χ0v) is 20.5. The van der Waals surface area contributed by atoms with Gasteiger partial charge in [0.1, 0.15) is 29.4 Å². The van der Waals surface area contributed by atoms with Crippen molar-refractivity contribution in [3.05, 3.63) is 107 Å². The number of hydrogen-bond donors (Lipinski definition) is 2. The number of hydrogen-bond acceptors (Lipinski definition) is 5. The minimum Gasteiger partial charge on any atom is -0.341 e. The van der Waals surface area contributed by atoms with Crippen LogP contribution in [0.25, 0.3) is 0 Å². The molecule has 0 saturated carbocycles. The third kappa shape index (κ3) is 5.38. The summed E-state index contributed by atoms with van der Waals surface area (Å²) in [6.45, 7) is 1.26. The maximum absolute atomic E-state index is 14.0. The Morgan fingerprint density at radius 3 is 2.35 bits per heavy atom. The molecule has 3 N–H and O–H groups in total. The Bertz CT molecular complexity index is 1320. The first-order chi connectivity index (χ1) is 17.8. The van der Waals surface area contributed by atoms with Crippen LogP contribution in [-0.4, -0.2) is 47.5 Å². The van der Waals surface area contributed by atoms with Crippen molar-refractivity contribution in [3.63, 3.8) is 0 Å². The highest BCUT2D eigenvalue weighted by Gasteiger charge is 2.40. The maximum atomic E-state index is 14.0. The Kier molecular flexibility index (Phi) is 6.99. The van der Waals surface area contributed by atoms with Crippen LogP contribution in [0.15, 0.2) is 78.8 Å². The van der Waals surface area contributed by atoms with Gasteiger partial charge in [0, 0.05) is 30.7 Å². The lowest BCUT2D eigenvalue weighted by atomic mass is 10.0. The van der Waals surface area contributed by atoms with Gasteiger partial charge in [0.15, 0.2) is 0 Å². The molecular weight excluding hydrogens is 503 g/mol. The summed E-state index contributed by atoms with van der Waals surface area (Å²) in [6.07, 6.45) is 1.86. The predicted octanol–water partition coefficient (Wildman–Crippen LogP) is 4.53. The van der Waals surface area contributed by atoms with Crippen molar-refractivity contribution in [2.24, 2.45) is 5.73 Å². The van der Waals surface area contributed by atoms with Crippen LogP contribution in [0.3, 0.4) is 0 Å². The van der Waals surface area contributed by atoms with E-state index in [4.69, 9.17) is 17.3 Å². The van der Waals surface area contributed by atoms with Crippen LogP contribution >= 0.6 is 11.6 Å². The van der Waals surface area contributed by atoms with Crippen LogP contribution in [0.2, 0.25) is 5.02 Å². The standard InChI is InChI=1S/C27H25ClF3N5O/c28-22-10-7-20(14-23(22)31)33-25-15-36(21-8-5-19(30)6-9-21)26-16-34(11-12-35(25)26)27(37)24(32)13-17-1-3-18(29)4-2-17/h1-10,14-15,24,26,33H,11-13,16,32H2/t24-,26?/m0/s1. The topological polar surface area (TPSA) is 64.8 Å². The third-order valence-electron chi connectivity index (χ3n) is 6.56. The average Bonchev–Trinajstić information content (AvgIpc) is 3.25. The first-order valence-electron chi connectivity index (χ1n) is 11.8. The molecule has 37 heavy (non-hydrogen) atoms. The second-order valence-corrected chi connectivity index (χ2v) is 9.45. The van der Waals surface area contributed by atoms with Crippen molar-refractivity contribution in [1.82, 2.24) is 9.80 Å². The summed E-state index contributed by atoms with van der Waals surface area (Å²) >= 11 is 5.82. The smallest absolute Gasteiger partial charge is 0.240 e. The average molecular weight is 528 g/mol. The van der Waals surface area contributed by atoms with E-state index < -0.39 is 11.9 Å². The molecule has 0 radical (unpaired) electrons. The molecule has 192 valence electrons. The second kappa shape index (κ2) is 10.4. The highest BCUT2D eigenvalue weighted by molar-refractivity contribution is 6.30. The number of rotatable bonds is 6.